The fraction of sp³-hybridized carbons (Fsp3) is 0.400. The molecule has 0 N–H and O–H groups in total. The molecule has 1 aromatic rings. The first-order valence-electron chi connectivity index (χ1n) is 6.74. The van der Waals surface area contributed by atoms with Crippen LogP contribution in [0.15, 0.2) is 18.2 Å². The molecule has 5 nitrogen and oxygen atoms in total. The smallest absolute Gasteiger partial charge is 0.340 e. The summed E-state index contributed by atoms with van der Waals surface area (Å²) in [5.74, 6) is -1.24. The van der Waals surface area contributed by atoms with Crippen molar-refractivity contribution in [2.75, 3.05) is 24.3 Å². The van der Waals surface area contributed by atoms with E-state index >= 15 is 0 Å². The van der Waals surface area contributed by atoms with Gasteiger partial charge < -0.3 is 9.64 Å². The van der Waals surface area contributed by atoms with Gasteiger partial charge in [-0.2, -0.15) is 0 Å². The van der Waals surface area contributed by atoms with Gasteiger partial charge in [0.1, 0.15) is 0 Å². The van der Waals surface area contributed by atoms with Crippen LogP contribution in [0, 0.1) is 11.7 Å². The number of anilines is 1. The number of rotatable bonds is 4. The highest BCUT2D eigenvalue weighted by Crippen LogP contribution is 2.30. The number of hydrogen-bond acceptors (Lipinski definition) is 5. The van der Waals surface area contributed by atoms with Gasteiger partial charge >= 0.3 is 5.97 Å². The second-order valence-electron chi connectivity index (χ2n) is 5.01. The summed E-state index contributed by atoms with van der Waals surface area (Å²) in [5.41, 5.74) is -0.127. The van der Waals surface area contributed by atoms with E-state index in [1.54, 1.807) is 0 Å². The minimum absolute atomic E-state index is 0.00947. The molecule has 1 aliphatic rings. The third-order valence-electron chi connectivity index (χ3n) is 3.40. The van der Waals surface area contributed by atoms with Crippen molar-refractivity contribution < 1.29 is 23.5 Å². The fourth-order valence-corrected chi connectivity index (χ4v) is 3.05. The van der Waals surface area contributed by atoms with Crippen LogP contribution in [0.4, 0.5) is 10.1 Å². The molecule has 0 saturated carbocycles. The van der Waals surface area contributed by atoms with Crippen LogP contribution in [0.5, 0.6) is 0 Å². The Bertz CT molecular complexity index is 620. The number of hydrogen-bond donors (Lipinski definition) is 0. The monoisotopic (exact) mass is 325 g/mol. The third kappa shape index (κ3) is 3.47. The number of ether oxygens (including phenoxy) is 1. The SMILES string of the molecule is COC(=O)c1cccc(N2CC(CSC(C)=O)CC2=O)c1F. The van der Waals surface area contributed by atoms with Gasteiger partial charge in [0.25, 0.3) is 0 Å². The zero-order chi connectivity index (χ0) is 16.3. The highest BCUT2D eigenvalue weighted by Gasteiger charge is 2.33. The largest absolute Gasteiger partial charge is 0.465 e. The molecule has 1 atom stereocenters. The molecule has 118 valence electrons. The Morgan fingerprint density at radius 1 is 1.45 bits per heavy atom. The van der Waals surface area contributed by atoms with Crippen molar-refractivity contribution in [3.8, 4) is 0 Å². The number of carbonyl (C=O) groups is 3. The van der Waals surface area contributed by atoms with Gasteiger partial charge in [-0.25, -0.2) is 9.18 Å². The van der Waals surface area contributed by atoms with Gasteiger partial charge in [-0.15, -0.1) is 0 Å². The zero-order valence-electron chi connectivity index (χ0n) is 12.3. The third-order valence-corrected chi connectivity index (χ3v) is 4.45. The number of amides is 1. The molecule has 0 aliphatic carbocycles. The summed E-state index contributed by atoms with van der Waals surface area (Å²) in [6.07, 6.45) is 0.266. The number of methoxy groups -OCH3 is 1. The van der Waals surface area contributed by atoms with Gasteiger partial charge in [0.2, 0.25) is 5.91 Å². The zero-order valence-corrected chi connectivity index (χ0v) is 13.1. The number of carbonyl (C=O) groups excluding carboxylic acids is 3. The summed E-state index contributed by atoms with van der Waals surface area (Å²) in [7, 11) is 1.17. The van der Waals surface area contributed by atoms with E-state index in [0.717, 1.165) is 11.8 Å². The Morgan fingerprint density at radius 2 is 2.18 bits per heavy atom. The lowest BCUT2D eigenvalue weighted by Gasteiger charge is -2.18. The first-order valence-corrected chi connectivity index (χ1v) is 7.73. The number of halogens is 1. The summed E-state index contributed by atoms with van der Waals surface area (Å²) < 4.78 is 18.9. The average molecular weight is 325 g/mol. The van der Waals surface area contributed by atoms with E-state index in [9.17, 15) is 18.8 Å². The molecule has 1 saturated heterocycles. The Morgan fingerprint density at radius 3 is 2.82 bits per heavy atom. The van der Waals surface area contributed by atoms with Crippen LogP contribution in [-0.4, -0.2) is 36.4 Å². The minimum atomic E-state index is -0.783. The molecule has 2 rings (SSSR count). The molecule has 1 amide bonds. The van der Waals surface area contributed by atoms with Crippen molar-refractivity contribution in [3.05, 3.63) is 29.6 Å². The van der Waals surface area contributed by atoms with Crippen molar-refractivity contribution in [2.45, 2.75) is 13.3 Å². The van der Waals surface area contributed by atoms with E-state index in [0.29, 0.717) is 12.3 Å². The van der Waals surface area contributed by atoms with Crippen LogP contribution in [0.1, 0.15) is 23.7 Å². The number of benzene rings is 1. The minimum Gasteiger partial charge on any atom is -0.465 e. The van der Waals surface area contributed by atoms with Crippen LogP contribution < -0.4 is 4.90 Å². The van der Waals surface area contributed by atoms with Gasteiger partial charge in [-0.05, 0) is 18.1 Å². The van der Waals surface area contributed by atoms with Gasteiger partial charge in [-0.3, -0.25) is 9.59 Å². The van der Waals surface area contributed by atoms with Gasteiger partial charge in [0.05, 0.1) is 18.4 Å². The van der Waals surface area contributed by atoms with Crippen LogP contribution in [-0.2, 0) is 14.3 Å². The van der Waals surface area contributed by atoms with Crippen molar-refractivity contribution in [3.63, 3.8) is 0 Å². The molecular weight excluding hydrogens is 309 g/mol. The van der Waals surface area contributed by atoms with E-state index in [1.807, 2.05) is 0 Å². The Kier molecular flexibility index (Phi) is 5.18. The molecule has 1 aliphatic heterocycles. The molecular formula is C15H16FNO4S. The standard InChI is InChI=1S/C15H16FNO4S/c1-9(18)22-8-10-6-13(19)17(7-10)12-5-3-4-11(14(12)16)15(20)21-2/h3-5,10H,6-8H2,1-2H3. The molecule has 0 spiro atoms. The normalized spacial score (nSPS) is 17.7. The van der Waals surface area contributed by atoms with Crippen LogP contribution in [0.2, 0.25) is 0 Å². The summed E-state index contributed by atoms with van der Waals surface area (Å²) in [5, 5.41) is -0.00947. The summed E-state index contributed by atoms with van der Waals surface area (Å²) in [6, 6.07) is 4.28. The number of esters is 1. The molecule has 1 unspecified atom stereocenters. The highest BCUT2D eigenvalue weighted by molar-refractivity contribution is 8.13. The lowest BCUT2D eigenvalue weighted by molar-refractivity contribution is -0.117. The maximum absolute atomic E-state index is 14.4. The quantitative estimate of drug-likeness (QED) is 0.795. The Balaban J connectivity index is 2.20. The lowest BCUT2D eigenvalue weighted by Crippen LogP contribution is -2.26. The molecule has 22 heavy (non-hydrogen) atoms. The van der Waals surface area contributed by atoms with Crippen molar-refractivity contribution in [1.29, 1.82) is 0 Å². The van der Waals surface area contributed by atoms with Crippen molar-refractivity contribution in [2.24, 2.45) is 5.92 Å². The molecule has 1 heterocycles. The van der Waals surface area contributed by atoms with E-state index in [1.165, 1.54) is 37.1 Å². The second-order valence-corrected chi connectivity index (χ2v) is 6.20. The van der Waals surface area contributed by atoms with Gasteiger partial charge in [0.15, 0.2) is 10.9 Å². The molecule has 0 radical (unpaired) electrons. The van der Waals surface area contributed by atoms with Gasteiger partial charge in [-0.1, -0.05) is 17.8 Å². The number of thioether (sulfide) groups is 1. The van der Waals surface area contributed by atoms with E-state index in [-0.39, 0.29) is 34.6 Å². The van der Waals surface area contributed by atoms with Crippen LogP contribution in [0.3, 0.4) is 0 Å². The molecule has 7 heteroatoms. The van der Waals surface area contributed by atoms with E-state index in [4.69, 9.17) is 0 Å². The number of nitrogens with zero attached hydrogens (tertiary/aromatic N) is 1. The summed E-state index contributed by atoms with van der Waals surface area (Å²) >= 11 is 1.16. The first-order chi connectivity index (χ1) is 10.4. The van der Waals surface area contributed by atoms with Crippen LogP contribution in [0.25, 0.3) is 0 Å². The predicted molar refractivity (Wildman–Crippen MR) is 81.3 cm³/mol. The Hall–Kier alpha value is -1.89. The topological polar surface area (TPSA) is 63.7 Å². The maximum Gasteiger partial charge on any atom is 0.340 e. The van der Waals surface area contributed by atoms with Crippen molar-refractivity contribution >= 4 is 34.4 Å². The van der Waals surface area contributed by atoms with E-state index in [2.05, 4.69) is 4.74 Å². The van der Waals surface area contributed by atoms with Crippen molar-refractivity contribution in [1.82, 2.24) is 0 Å². The molecule has 0 aromatic heterocycles. The second kappa shape index (κ2) is 6.91. The first kappa shape index (κ1) is 16.5. The summed E-state index contributed by atoms with van der Waals surface area (Å²) in [4.78, 5) is 35.9. The highest BCUT2D eigenvalue weighted by atomic mass is 32.2. The Labute approximate surface area is 131 Å². The molecule has 1 aromatic carbocycles. The van der Waals surface area contributed by atoms with E-state index < -0.39 is 11.8 Å². The molecule has 1 fully saturated rings. The predicted octanol–water partition coefficient (Wildman–Crippen LogP) is 2.24. The van der Waals surface area contributed by atoms with Gasteiger partial charge in [0, 0.05) is 25.6 Å². The lowest BCUT2D eigenvalue weighted by atomic mass is 10.1. The average Bonchev–Trinajstić information content (AvgIpc) is 2.85. The van der Waals surface area contributed by atoms with Crippen LogP contribution >= 0.6 is 11.8 Å². The molecule has 0 bridgehead atoms. The maximum atomic E-state index is 14.4. The fourth-order valence-electron chi connectivity index (χ4n) is 2.36. The summed E-state index contributed by atoms with van der Waals surface area (Å²) in [6.45, 7) is 1.80.